The SMILES string of the molecule is CCCNC(=O)CCn1cc[nH]c1=O. The van der Waals surface area contributed by atoms with Gasteiger partial charge in [0.15, 0.2) is 0 Å². The molecule has 5 heteroatoms. The molecular weight excluding hydrogens is 182 g/mol. The van der Waals surface area contributed by atoms with E-state index in [0.29, 0.717) is 19.5 Å². The highest BCUT2D eigenvalue weighted by Gasteiger charge is 2.01. The lowest BCUT2D eigenvalue weighted by Gasteiger charge is -2.02. The average Bonchev–Trinajstić information content (AvgIpc) is 2.58. The number of carbonyl (C=O) groups excluding carboxylic acids is 1. The van der Waals surface area contributed by atoms with Crippen LogP contribution in [0.1, 0.15) is 19.8 Å². The van der Waals surface area contributed by atoms with Gasteiger partial charge in [-0.25, -0.2) is 4.79 Å². The molecule has 1 heterocycles. The third-order valence-electron chi connectivity index (χ3n) is 1.87. The summed E-state index contributed by atoms with van der Waals surface area (Å²) in [5.74, 6) is -0.0139. The zero-order chi connectivity index (χ0) is 10.4. The van der Waals surface area contributed by atoms with Gasteiger partial charge in [-0.05, 0) is 6.42 Å². The molecule has 2 N–H and O–H groups in total. The summed E-state index contributed by atoms with van der Waals surface area (Å²) in [6, 6.07) is 0. The quantitative estimate of drug-likeness (QED) is 0.702. The Bertz CT molecular complexity index is 340. The summed E-state index contributed by atoms with van der Waals surface area (Å²) < 4.78 is 1.48. The normalized spacial score (nSPS) is 10.1. The number of aromatic amines is 1. The summed E-state index contributed by atoms with van der Waals surface area (Å²) in [5, 5.41) is 2.75. The molecule has 0 spiro atoms. The van der Waals surface area contributed by atoms with Crippen LogP contribution in [0.3, 0.4) is 0 Å². The average molecular weight is 197 g/mol. The smallest absolute Gasteiger partial charge is 0.325 e. The molecule has 0 aliphatic carbocycles. The fraction of sp³-hybridized carbons (Fsp3) is 0.556. The molecule has 0 radical (unpaired) electrons. The van der Waals surface area contributed by atoms with Gasteiger partial charge in [0.05, 0.1) is 0 Å². The molecule has 0 fully saturated rings. The van der Waals surface area contributed by atoms with Crippen molar-refractivity contribution in [2.45, 2.75) is 26.3 Å². The Morgan fingerprint density at radius 1 is 1.64 bits per heavy atom. The first-order valence-corrected chi connectivity index (χ1v) is 4.74. The highest BCUT2D eigenvalue weighted by Crippen LogP contribution is 1.86. The fourth-order valence-electron chi connectivity index (χ4n) is 1.10. The van der Waals surface area contributed by atoms with E-state index >= 15 is 0 Å². The molecule has 0 saturated heterocycles. The van der Waals surface area contributed by atoms with Crippen LogP contribution in [0.25, 0.3) is 0 Å². The summed E-state index contributed by atoms with van der Waals surface area (Å²) in [4.78, 5) is 24.7. The van der Waals surface area contributed by atoms with Gasteiger partial charge in [-0.2, -0.15) is 0 Å². The number of carbonyl (C=O) groups is 1. The summed E-state index contributed by atoms with van der Waals surface area (Å²) >= 11 is 0. The second kappa shape index (κ2) is 5.26. The Balaban J connectivity index is 2.31. The highest BCUT2D eigenvalue weighted by atomic mass is 16.2. The van der Waals surface area contributed by atoms with Crippen molar-refractivity contribution in [2.24, 2.45) is 0 Å². The number of H-pyrrole nitrogens is 1. The van der Waals surface area contributed by atoms with Crippen LogP contribution < -0.4 is 11.0 Å². The molecular formula is C9H15N3O2. The zero-order valence-electron chi connectivity index (χ0n) is 8.25. The number of imidazole rings is 1. The summed E-state index contributed by atoms with van der Waals surface area (Å²) in [6.45, 7) is 3.12. The van der Waals surface area contributed by atoms with Crippen molar-refractivity contribution < 1.29 is 4.79 Å². The zero-order valence-corrected chi connectivity index (χ0v) is 8.25. The molecule has 1 aromatic heterocycles. The lowest BCUT2D eigenvalue weighted by atomic mass is 10.4. The minimum atomic E-state index is -0.173. The summed E-state index contributed by atoms with van der Waals surface area (Å²) in [5.41, 5.74) is -0.173. The van der Waals surface area contributed by atoms with Gasteiger partial charge in [0.25, 0.3) is 0 Å². The van der Waals surface area contributed by atoms with Crippen molar-refractivity contribution in [2.75, 3.05) is 6.54 Å². The molecule has 14 heavy (non-hydrogen) atoms. The summed E-state index contributed by atoms with van der Waals surface area (Å²) in [6.07, 6.45) is 4.47. The molecule has 0 bridgehead atoms. The molecule has 0 aromatic carbocycles. The number of rotatable bonds is 5. The van der Waals surface area contributed by atoms with E-state index in [1.165, 1.54) is 4.57 Å². The fourth-order valence-corrected chi connectivity index (χ4v) is 1.10. The predicted molar refractivity (Wildman–Crippen MR) is 53.0 cm³/mol. The Morgan fingerprint density at radius 2 is 2.43 bits per heavy atom. The molecule has 78 valence electrons. The minimum Gasteiger partial charge on any atom is -0.356 e. The van der Waals surface area contributed by atoms with Gasteiger partial charge in [0, 0.05) is 31.9 Å². The lowest BCUT2D eigenvalue weighted by Crippen LogP contribution is -2.26. The Kier molecular flexibility index (Phi) is 3.97. The van der Waals surface area contributed by atoms with Crippen LogP contribution in [-0.4, -0.2) is 22.0 Å². The van der Waals surface area contributed by atoms with E-state index in [1.807, 2.05) is 6.92 Å². The van der Waals surface area contributed by atoms with Gasteiger partial charge < -0.3 is 10.3 Å². The van der Waals surface area contributed by atoms with Crippen molar-refractivity contribution in [1.29, 1.82) is 0 Å². The van der Waals surface area contributed by atoms with Crippen molar-refractivity contribution in [1.82, 2.24) is 14.9 Å². The number of nitrogens with zero attached hydrogens (tertiary/aromatic N) is 1. The standard InChI is InChI=1S/C9H15N3O2/c1-2-4-10-8(13)3-6-12-7-5-11-9(12)14/h5,7H,2-4,6H2,1H3,(H,10,13)(H,11,14). The predicted octanol–water partition coefficient (Wildman–Crippen LogP) is 0.0927. The van der Waals surface area contributed by atoms with Gasteiger partial charge in [-0.3, -0.25) is 9.36 Å². The minimum absolute atomic E-state index is 0.0139. The number of hydrogen-bond acceptors (Lipinski definition) is 2. The van der Waals surface area contributed by atoms with Crippen LogP contribution in [0.15, 0.2) is 17.2 Å². The van der Waals surface area contributed by atoms with Crippen LogP contribution in [0, 0.1) is 0 Å². The second-order valence-electron chi connectivity index (χ2n) is 3.06. The van der Waals surface area contributed by atoms with Gasteiger partial charge >= 0.3 is 5.69 Å². The van der Waals surface area contributed by atoms with E-state index in [2.05, 4.69) is 10.3 Å². The van der Waals surface area contributed by atoms with Crippen molar-refractivity contribution >= 4 is 5.91 Å². The Hall–Kier alpha value is -1.52. The first-order valence-electron chi connectivity index (χ1n) is 4.74. The molecule has 0 aliphatic heterocycles. The van der Waals surface area contributed by atoms with Crippen LogP contribution in [-0.2, 0) is 11.3 Å². The molecule has 1 amide bonds. The van der Waals surface area contributed by atoms with Crippen molar-refractivity contribution in [3.63, 3.8) is 0 Å². The van der Waals surface area contributed by atoms with Gasteiger partial charge in [0.1, 0.15) is 0 Å². The number of aryl methyl sites for hydroxylation is 1. The third-order valence-corrected chi connectivity index (χ3v) is 1.87. The Morgan fingerprint density at radius 3 is 3.00 bits per heavy atom. The monoisotopic (exact) mass is 197 g/mol. The van der Waals surface area contributed by atoms with E-state index in [4.69, 9.17) is 0 Å². The van der Waals surface area contributed by atoms with E-state index in [-0.39, 0.29) is 11.6 Å². The molecule has 1 aromatic rings. The lowest BCUT2D eigenvalue weighted by molar-refractivity contribution is -0.121. The van der Waals surface area contributed by atoms with Crippen LogP contribution in [0.4, 0.5) is 0 Å². The molecule has 0 unspecified atom stereocenters. The highest BCUT2D eigenvalue weighted by molar-refractivity contribution is 5.75. The van der Waals surface area contributed by atoms with Gasteiger partial charge in [-0.1, -0.05) is 6.92 Å². The van der Waals surface area contributed by atoms with E-state index in [9.17, 15) is 9.59 Å². The van der Waals surface area contributed by atoms with Crippen molar-refractivity contribution in [3.05, 3.63) is 22.9 Å². The number of hydrogen-bond donors (Lipinski definition) is 2. The molecule has 0 atom stereocenters. The maximum absolute atomic E-state index is 11.2. The number of nitrogens with one attached hydrogen (secondary N) is 2. The maximum Gasteiger partial charge on any atom is 0.325 e. The molecule has 0 saturated carbocycles. The van der Waals surface area contributed by atoms with Gasteiger partial charge in [-0.15, -0.1) is 0 Å². The van der Waals surface area contributed by atoms with E-state index in [0.717, 1.165) is 6.42 Å². The first-order chi connectivity index (χ1) is 6.74. The Labute approximate surface area is 82.1 Å². The van der Waals surface area contributed by atoms with Crippen LogP contribution in [0.2, 0.25) is 0 Å². The largest absolute Gasteiger partial charge is 0.356 e. The topological polar surface area (TPSA) is 66.9 Å². The van der Waals surface area contributed by atoms with Crippen LogP contribution >= 0.6 is 0 Å². The molecule has 0 aliphatic rings. The summed E-state index contributed by atoms with van der Waals surface area (Å²) in [7, 11) is 0. The van der Waals surface area contributed by atoms with E-state index in [1.54, 1.807) is 12.4 Å². The molecule has 5 nitrogen and oxygen atoms in total. The second-order valence-corrected chi connectivity index (χ2v) is 3.06. The maximum atomic E-state index is 11.2. The van der Waals surface area contributed by atoms with Gasteiger partial charge in [0.2, 0.25) is 5.91 Å². The number of aromatic nitrogens is 2. The number of amides is 1. The first kappa shape index (κ1) is 10.6. The van der Waals surface area contributed by atoms with Crippen LogP contribution in [0.5, 0.6) is 0 Å². The van der Waals surface area contributed by atoms with E-state index < -0.39 is 0 Å². The third kappa shape index (κ3) is 3.08. The van der Waals surface area contributed by atoms with Crippen molar-refractivity contribution in [3.8, 4) is 0 Å². The molecule has 1 rings (SSSR count).